The number of carbonyl (C=O) groups is 1. The maximum atomic E-state index is 10.5. The van der Waals surface area contributed by atoms with Crippen molar-refractivity contribution >= 4 is 5.97 Å². The average molecular weight is 295 g/mol. The van der Waals surface area contributed by atoms with Crippen molar-refractivity contribution < 1.29 is 9.90 Å². The van der Waals surface area contributed by atoms with E-state index in [0.29, 0.717) is 12.0 Å². The number of aliphatic carboxylic acids is 1. The van der Waals surface area contributed by atoms with Crippen molar-refractivity contribution in [3.8, 4) is 0 Å². The zero-order valence-electron chi connectivity index (χ0n) is 12.8. The number of aromatic nitrogens is 3. The SMILES string of the molecule is CC(C)n1ncnc1CN1CCCC(CNCC(=O)O)C1. The number of hydrogen-bond donors (Lipinski definition) is 2. The molecule has 2 rings (SSSR count). The van der Waals surface area contributed by atoms with E-state index >= 15 is 0 Å². The van der Waals surface area contributed by atoms with Gasteiger partial charge in [-0.05, 0) is 45.7 Å². The van der Waals surface area contributed by atoms with E-state index in [9.17, 15) is 4.79 Å². The molecule has 0 radical (unpaired) electrons. The number of nitrogens with zero attached hydrogens (tertiary/aromatic N) is 4. The van der Waals surface area contributed by atoms with Gasteiger partial charge in [0.15, 0.2) is 0 Å². The van der Waals surface area contributed by atoms with Crippen LogP contribution in [0.4, 0.5) is 0 Å². The Morgan fingerprint density at radius 1 is 1.57 bits per heavy atom. The highest BCUT2D eigenvalue weighted by Crippen LogP contribution is 2.18. The van der Waals surface area contributed by atoms with Gasteiger partial charge in [0.1, 0.15) is 12.2 Å². The lowest BCUT2D eigenvalue weighted by molar-refractivity contribution is -0.136. The highest BCUT2D eigenvalue weighted by atomic mass is 16.4. The molecule has 2 heterocycles. The zero-order valence-corrected chi connectivity index (χ0v) is 12.8. The van der Waals surface area contributed by atoms with Crippen LogP contribution in [0.1, 0.15) is 38.6 Å². The van der Waals surface area contributed by atoms with Gasteiger partial charge < -0.3 is 10.4 Å². The molecule has 0 saturated carbocycles. The monoisotopic (exact) mass is 295 g/mol. The lowest BCUT2D eigenvalue weighted by Gasteiger charge is -2.32. The normalized spacial score (nSPS) is 20.0. The van der Waals surface area contributed by atoms with Crippen LogP contribution in [0.2, 0.25) is 0 Å². The van der Waals surface area contributed by atoms with Gasteiger partial charge in [-0.25, -0.2) is 9.67 Å². The van der Waals surface area contributed by atoms with Gasteiger partial charge in [0, 0.05) is 12.6 Å². The minimum Gasteiger partial charge on any atom is -0.480 e. The summed E-state index contributed by atoms with van der Waals surface area (Å²) < 4.78 is 1.96. The van der Waals surface area contributed by atoms with Crippen LogP contribution in [0.5, 0.6) is 0 Å². The zero-order chi connectivity index (χ0) is 15.2. The lowest BCUT2D eigenvalue weighted by Crippen LogP contribution is -2.40. The molecule has 118 valence electrons. The number of carboxylic acid groups (broad SMARTS) is 1. The molecule has 1 aromatic heterocycles. The largest absolute Gasteiger partial charge is 0.480 e. The van der Waals surface area contributed by atoms with Gasteiger partial charge in [-0.15, -0.1) is 0 Å². The van der Waals surface area contributed by atoms with Crippen LogP contribution in [0.15, 0.2) is 6.33 Å². The van der Waals surface area contributed by atoms with Gasteiger partial charge in [0.25, 0.3) is 0 Å². The standard InChI is InChI=1S/C14H25N5O2/c1-11(2)19-13(16-10-17-19)9-18-5-3-4-12(8-18)6-15-7-14(20)21/h10-12,15H,3-9H2,1-2H3,(H,20,21). The second kappa shape index (κ2) is 7.51. The molecule has 7 heteroatoms. The molecule has 0 bridgehead atoms. The van der Waals surface area contributed by atoms with Crippen LogP contribution >= 0.6 is 0 Å². The molecular formula is C14H25N5O2. The van der Waals surface area contributed by atoms with Crippen molar-refractivity contribution in [1.29, 1.82) is 0 Å². The highest BCUT2D eigenvalue weighted by Gasteiger charge is 2.21. The summed E-state index contributed by atoms with van der Waals surface area (Å²) in [5.41, 5.74) is 0. The Bertz CT molecular complexity index is 460. The number of likely N-dealkylation sites (tertiary alicyclic amines) is 1. The van der Waals surface area contributed by atoms with E-state index in [4.69, 9.17) is 5.11 Å². The van der Waals surface area contributed by atoms with Gasteiger partial charge >= 0.3 is 5.97 Å². The molecule has 1 saturated heterocycles. The molecular weight excluding hydrogens is 270 g/mol. The summed E-state index contributed by atoms with van der Waals surface area (Å²) in [5.74, 6) is 0.713. The van der Waals surface area contributed by atoms with Crippen LogP contribution in [0.25, 0.3) is 0 Å². The summed E-state index contributed by atoms with van der Waals surface area (Å²) in [5, 5.41) is 15.9. The summed E-state index contributed by atoms with van der Waals surface area (Å²) in [6.45, 7) is 7.88. The van der Waals surface area contributed by atoms with E-state index in [0.717, 1.165) is 44.8 Å². The molecule has 0 aromatic carbocycles. The summed E-state index contributed by atoms with van der Waals surface area (Å²) in [6, 6.07) is 0.320. The summed E-state index contributed by atoms with van der Waals surface area (Å²) >= 11 is 0. The molecule has 7 nitrogen and oxygen atoms in total. The van der Waals surface area contributed by atoms with Crippen molar-refractivity contribution in [2.45, 2.75) is 39.3 Å². The van der Waals surface area contributed by atoms with Crippen LogP contribution in [0, 0.1) is 5.92 Å². The van der Waals surface area contributed by atoms with Gasteiger partial charge in [0.2, 0.25) is 0 Å². The van der Waals surface area contributed by atoms with Crippen LogP contribution in [0.3, 0.4) is 0 Å². The maximum absolute atomic E-state index is 10.5. The molecule has 1 aromatic rings. The molecule has 1 atom stereocenters. The van der Waals surface area contributed by atoms with Crippen molar-refractivity contribution in [1.82, 2.24) is 25.0 Å². The maximum Gasteiger partial charge on any atom is 0.317 e. The first-order valence-electron chi connectivity index (χ1n) is 7.59. The van der Waals surface area contributed by atoms with Crippen molar-refractivity contribution in [3.05, 3.63) is 12.2 Å². The molecule has 1 fully saturated rings. The third-order valence-corrected chi connectivity index (χ3v) is 3.81. The first-order chi connectivity index (χ1) is 10.1. The third kappa shape index (κ3) is 4.78. The third-order valence-electron chi connectivity index (χ3n) is 3.81. The first-order valence-corrected chi connectivity index (χ1v) is 7.59. The molecule has 0 spiro atoms. The Labute approximate surface area is 125 Å². The lowest BCUT2D eigenvalue weighted by atomic mass is 9.98. The molecule has 21 heavy (non-hydrogen) atoms. The van der Waals surface area contributed by atoms with E-state index < -0.39 is 5.97 Å². The molecule has 1 unspecified atom stereocenters. The van der Waals surface area contributed by atoms with Gasteiger partial charge in [-0.1, -0.05) is 0 Å². The number of hydrogen-bond acceptors (Lipinski definition) is 5. The fourth-order valence-corrected chi connectivity index (χ4v) is 2.86. The van der Waals surface area contributed by atoms with Crippen molar-refractivity contribution in [3.63, 3.8) is 0 Å². The van der Waals surface area contributed by atoms with Crippen molar-refractivity contribution in [2.24, 2.45) is 5.92 Å². The van der Waals surface area contributed by atoms with Crippen LogP contribution in [-0.2, 0) is 11.3 Å². The van der Waals surface area contributed by atoms with Gasteiger partial charge in [0.05, 0.1) is 13.1 Å². The minimum atomic E-state index is -0.798. The topological polar surface area (TPSA) is 83.3 Å². The molecule has 0 aliphatic carbocycles. The molecule has 1 aliphatic heterocycles. The van der Waals surface area contributed by atoms with Crippen LogP contribution < -0.4 is 5.32 Å². The van der Waals surface area contributed by atoms with E-state index in [2.05, 4.69) is 34.1 Å². The Hall–Kier alpha value is -1.47. The van der Waals surface area contributed by atoms with Crippen molar-refractivity contribution in [2.75, 3.05) is 26.2 Å². The summed E-state index contributed by atoms with van der Waals surface area (Å²) in [4.78, 5) is 17.3. The fourth-order valence-electron chi connectivity index (χ4n) is 2.86. The summed E-state index contributed by atoms with van der Waals surface area (Å²) in [6.07, 6.45) is 3.92. The predicted octanol–water partition coefficient (Wildman–Crippen LogP) is 0.745. The number of nitrogens with one attached hydrogen (secondary N) is 1. The molecule has 2 N–H and O–H groups in total. The van der Waals surface area contributed by atoms with E-state index in [-0.39, 0.29) is 6.54 Å². The smallest absolute Gasteiger partial charge is 0.317 e. The Morgan fingerprint density at radius 3 is 3.10 bits per heavy atom. The van der Waals surface area contributed by atoms with Gasteiger partial charge in [-0.3, -0.25) is 9.69 Å². The minimum absolute atomic E-state index is 0.0399. The quantitative estimate of drug-likeness (QED) is 0.772. The molecule has 1 aliphatic rings. The Morgan fingerprint density at radius 2 is 2.38 bits per heavy atom. The average Bonchev–Trinajstić information content (AvgIpc) is 2.87. The van der Waals surface area contributed by atoms with E-state index in [1.165, 1.54) is 0 Å². The second-order valence-corrected chi connectivity index (χ2v) is 5.98. The first kappa shape index (κ1) is 15.9. The summed E-state index contributed by atoms with van der Waals surface area (Å²) in [7, 11) is 0. The number of carboxylic acids is 1. The van der Waals surface area contributed by atoms with Crippen LogP contribution in [-0.4, -0.2) is 56.9 Å². The van der Waals surface area contributed by atoms with E-state index in [1.54, 1.807) is 6.33 Å². The Balaban J connectivity index is 1.83. The number of rotatable bonds is 7. The fraction of sp³-hybridized carbons (Fsp3) is 0.786. The second-order valence-electron chi connectivity index (χ2n) is 5.98. The van der Waals surface area contributed by atoms with Gasteiger partial charge in [-0.2, -0.15) is 5.10 Å². The van der Waals surface area contributed by atoms with E-state index in [1.807, 2.05) is 4.68 Å². The predicted molar refractivity (Wildman–Crippen MR) is 78.9 cm³/mol. The molecule has 0 amide bonds. The Kier molecular flexibility index (Phi) is 5.69. The highest BCUT2D eigenvalue weighted by molar-refractivity contribution is 5.68. The number of piperidine rings is 1.